The van der Waals surface area contributed by atoms with Gasteiger partial charge in [-0.25, -0.2) is 0 Å². The third-order valence-corrected chi connectivity index (χ3v) is 1.42. The zero-order valence-electron chi connectivity index (χ0n) is 6.60. The summed E-state index contributed by atoms with van der Waals surface area (Å²) >= 11 is 0. The lowest BCUT2D eigenvalue weighted by molar-refractivity contribution is 0.0998. The van der Waals surface area contributed by atoms with Crippen LogP contribution in [0.25, 0.3) is 0 Å². The van der Waals surface area contributed by atoms with Crippen molar-refractivity contribution in [3.05, 3.63) is 5.92 Å². The van der Waals surface area contributed by atoms with E-state index in [0.29, 0.717) is 6.61 Å². The summed E-state index contributed by atoms with van der Waals surface area (Å²) in [4.78, 5) is 0. The van der Waals surface area contributed by atoms with Crippen LogP contribution >= 0.6 is 0 Å². The van der Waals surface area contributed by atoms with Crippen LogP contribution in [0.4, 0.5) is 0 Å². The SMILES string of the molecule is COC[C](C)C(C)OC. The van der Waals surface area contributed by atoms with Crippen LogP contribution in [-0.2, 0) is 9.47 Å². The maximum atomic E-state index is 5.05. The Morgan fingerprint density at radius 3 is 2.33 bits per heavy atom. The average molecular weight is 131 g/mol. The highest BCUT2D eigenvalue weighted by molar-refractivity contribution is 4.90. The van der Waals surface area contributed by atoms with E-state index in [1.807, 2.05) is 13.8 Å². The first-order valence-electron chi connectivity index (χ1n) is 3.06. The molecule has 0 aromatic heterocycles. The molecule has 0 fully saturated rings. The van der Waals surface area contributed by atoms with Crippen LogP contribution in [0.2, 0.25) is 0 Å². The third-order valence-electron chi connectivity index (χ3n) is 1.42. The van der Waals surface area contributed by atoms with Gasteiger partial charge in [0.25, 0.3) is 0 Å². The Bertz CT molecular complexity index is 63.9. The summed E-state index contributed by atoms with van der Waals surface area (Å²) in [7, 11) is 3.38. The van der Waals surface area contributed by atoms with Gasteiger partial charge in [0.2, 0.25) is 0 Å². The lowest BCUT2D eigenvalue weighted by Gasteiger charge is -2.15. The molecule has 55 valence electrons. The molecule has 0 N–H and O–H groups in total. The summed E-state index contributed by atoms with van der Waals surface area (Å²) in [5, 5.41) is 0. The van der Waals surface area contributed by atoms with Gasteiger partial charge in [-0.1, -0.05) is 6.92 Å². The zero-order chi connectivity index (χ0) is 7.28. The van der Waals surface area contributed by atoms with E-state index in [1.165, 1.54) is 5.92 Å². The molecule has 1 unspecified atom stereocenters. The number of hydrogen-bond donors (Lipinski definition) is 0. The van der Waals surface area contributed by atoms with Crippen molar-refractivity contribution < 1.29 is 9.47 Å². The summed E-state index contributed by atoms with van der Waals surface area (Å²) < 4.78 is 9.96. The topological polar surface area (TPSA) is 18.5 Å². The molecule has 2 nitrogen and oxygen atoms in total. The van der Waals surface area contributed by atoms with E-state index in [2.05, 4.69) is 0 Å². The molecule has 0 aromatic rings. The van der Waals surface area contributed by atoms with Crippen LogP contribution in [0.1, 0.15) is 13.8 Å². The van der Waals surface area contributed by atoms with Gasteiger partial charge in [0.1, 0.15) is 0 Å². The second kappa shape index (κ2) is 4.77. The van der Waals surface area contributed by atoms with Gasteiger partial charge in [-0.05, 0) is 6.92 Å². The van der Waals surface area contributed by atoms with Crippen molar-refractivity contribution in [2.75, 3.05) is 20.8 Å². The first-order valence-corrected chi connectivity index (χ1v) is 3.06. The first kappa shape index (κ1) is 8.92. The molecule has 0 aliphatic carbocycles. The Morgan fingerprint density at radius 1 is 1.44 bits per heavy atom. The van der Waals surface area contributed by atoms with Crippen molar-refractivity contribution in [2.45, 2.75) is 20.0 Å². The number of ether oxygens (including phenoxy) is 2. The van der Waals surface area contributed by atoms with Gasteiger partial charge in [-0.15, -0.1) is 0 Å². The fraction of sp³-hybridized carbons (Fsp3) is 0.857. The molecule has 0 aromatic carbocycles. The van der Waals surface area contributed by atoms with Crippen molar-refractivity contribution in [3.8, 4) is 0 Å². The second-order valence-electron chi connectivity index (χ2n) is 2.16. The minimum absolute atomic E-state index is 0.213. The molecule has 1 radical (unpaired) electrons. The second-order valence-corrected chi connectivity index (χ2v) is 2.16. The Morgan fingerprint density at radius 2 is 2.00 bits per heavy atom. The van der Waals surface area contributed by atoms with Crippen molar-refractivity contribution in [1.29, 1.82) is 0 Å². The van der Waals surface area contributed by atoms with Crippen LogP contribution in [0, 0.1) is 5.92 Å². The highest BCUT2D eigenvalue weighted by Crippen LogP contribution is 2.07. The maximum Gasteiger partial charge on any atom is 0.0625 e. The van der Waals surface area contributed by atoms with Gasteiger partial charge < -0.3 is 9.47 Å². The standard InChI is InChI=1S/C7H15O2/c1-6(5-8-3)7(2)9-4/h7H,5H2,1-4H3. The Balaban J connectivity index is 3.32. The molecule has 0 heterocycles. The van der Waals surface area contributed by atoms with Gasteiger partial charge in [0, 0.05) is 20.1 Å². The quantitative estimate of drug-likeness (QED) is 0.572. The fourth-order valence-corrected chi connectivity index (χ4v) is 0.546. The molecule has 2 heteroatoms. The molecule has 0 saturated heterocycles. The molecule has 0 bridgehead atoms. The maximum absolute atomic E-state index is 5.05. The molecule has 1 atom stereocenters. The van der Waals surface area contributed by atoms with E-state index in [9.17, 15) is 0 Å². The number of rotatable bonds is 4. The van der Waals surface area contributed by atoms with Crippen molar-refractivity contribution in [2.24, 2.45) is 0 Å². The predicted molar refractivity (Wildman–Crippen MR) is 37.3 cm³/mol. The van der Waals surface area contributed by atoms with E-state index in [4.69, 9.17) is 9.47 Å². The van der Waals surface area contributed by atoms with Crippen molar-refractivity contribution in [3.63, 3.8) is 0 Å². The van der Waals surface area contributed by atoms with Gasteiger partial charge in [-0.2, -0.15) is 0 Å². The minimum Gasteiger partial charge on any atom is -0.384 e. The molecule has 0 rings (SSSR count). The Labute approximate surface area is 57.2 Å². The van der Waals surface area contributed by atoms with Crippen LogP contribution < -0.4 is 0 Å². The van der Waals surface area contributed by atoms with E-state index in [-0.39, 0.29) is 6.10 Å². The Hall–Kier alpha value is -0.0800. The van der Waals surface area contributed by atoms with Crippen LogP contribution in [0.3, 0.4) is 0 Å². The van der Waals surface area contributed by atoms with Gasteiger partial charge in [0.15, 0.2) is 0 Å². The molecule has 0 aliphatic rings. The van der Waals surface area contributed by atoms with E-state index in [0.717, 1.165) is 0 Å². The minimum atomic E-state index is 0.213. The summed E-state index contributed by atoms with van der Waals surface area (Å²) in [5.74, 6) is 1.22. The van der Waals surface area contributed by atoms with Gasteiger partial charge >= 0.3 is 0 Å². The number of hydrogen-bond acceptors (Lipinski definition) is 2. The zero-order valence-corrected chi connectivity index (χ0v) is 6.60. The Kier molecular flexibility index (Phi) is 4.72. The van der Waals surface area contributed by atoms with Crippen molar-refractivity contribution >= 4 is 0 Å². The van der Waals surface area contributed by atoms with Crippen LogP contribution in [0.15, 0.2) is 0 Å². The van der Waals surface area contributed by atoms with E-state index in [1.54, 1.807) is 14.2 Å². The lowest BCUT2D eigenvalue weighted by Crippen LogP contribution is -2.18. The molecular formula is C7H15O2. The normalized spacial score (nSPS) is 14.3. The molecular weight excluding hydrogens is 116 g/mol. The van der Waals surface area contributed by atoms with E-state index < -0.39 is 0 Å². The molecule has 9 heavy (non-hydrogen) atoms. The van der Waals surface area contributed by atoms with Crippen LogP contribution in [0.5, 0.6) is 0 Å². The average Bonchev–Trinajstić information content (AvgIpc) is 1.87. The molecule has 0 amide bonds. The predicted octanol–water partition coefficient (Wildman–Crippen LogP) is 1.26. The summed E-state index contributed by atoms with van der Waals surface area (Å²) in [6, 6.07) is 0. The van der Waals surface area contributed by atoms with Gasteiger partial charge in [-0.3, -0.25) is 0 Å². The largest absolute Gasteiger partial charge is 0.384 e. The van der Waals surface area contributed by atoms with Crippen LogP contribution in [-0.4, -0.2) is 26.9 Å². The highest BCUT2D eigenvalue weighted by atomic mass is 16.5. The van der Waals surface area contributed by atoms with Gasteiger partial charge in [0.05, 0.1) is 12.7 Å². The summed E-state index contributed by atoms with van der Waals surface area (Å²) in [6.45, 7) is 4.72. The molecule has 0 aliphatic heterocycles. The fourth-order valence-electron chi connectivity index (χ4n) is 0.546. The smallest absolute Gasteiger partial charge is 0.0625 e. The lowest BCUT2D eigenvalue weighted by atomic mass is 10.1. The molecule has 0 spiro atoms. The summed E-state index contributed by atoms with van der Waals surface area (Å²) in [6.07, 6.45) is 0.213. The monoisotopic (exact) mass is 131 g/mol. The number of methoxy groups -OCH3 is 2. The first-order chi connectivity index (χ1) is 4.22. The third kappa shape index (κ3) is 3.49. The summed E-state index contributed by atoms with van der Waals surface area (Å²) in [5.41, 5.74) is 0. The van der Waals surface area contributed by atoms with E-state index >= 15 is 0 Å². The molecule has 0 saturated carbocycles. The highest BCUT2D eigenvalue weighted by Gasteiger charge is 2.10. The van der Waals surface area contributed by atoms with Crippen molar-refractivity contribution in [1.82, 2.24) is 0 Å².